The molecule has 0 spiro atoms. The highest BCUT2D eigenvalue weighted by Gasteiger charge is 2.66. The minimum Gasteiger partial charge on any atom is -0.497 e. The molecule has 9 nitrogen and oxygen atoms in total. The van der Waals surface area contributed by atoms with Crippen LogP contribution < -0.4 is 16.8 Å². The standard InChI is InChI=1S/C20H27F6N5O4/c1-34-14-12-11(16(32)29-18(33)31(12)9-2-3-9)19(28,17(22)23)15(21)13(14)30-5-4-8(6-30)10(27)7-35-20(24,25)26/h8-11,13,15,17H,2-7,27-28H2,1H3,(H,29,32,33). The summed E-state index contributed by atoms with van der Waals surface area (Å²) >= 11 is 0. The zero-order valence-corrected chi connectivity index (χ0v) is 18.7. The summed E-state index contributed by atoms with van der Waals surface area (Å²) in [4.78, 5) is 27.9. The fraction of sp³-hybridized carbons (Fsp3) is 0.800. The molecule has 0 aromatic rings. The molecule has 3 fully saturated rings. The number of methoxy groups -OCH3 is 1. The van der Waals surface area contributed by atoms with Crippen molar-refractivity contribution >= 4 is 11.9 Å². The number of urea groups is 1. The van der Waals surface area contributed by atoms with Crippen LogP contribution in [-0.2, 0) is 14.3 Å². The molecule has 2 saturated heterocycles. The van der Waals surface area contributed by atoms with Crippen molar-refractivity contribution in [1.29, 1.82) is 0 Å². The van der Waals surface area contributed by atoms with Crippen LogP contribution in [0.1, 0.15) is 19.3 Å². The van der Waals surface area contributed by atoms with Gasteiger partial charge in [0.15, 0.2) is 0 Å². The maximum absolute atomic E-state index is 16.0. The van der Waals surface area contributed by atoms with Crippen molar-refractivity contribution < 1.29 is 45.4 Å². The van der Waals surface area contributed by atoms with Gasteiger partial charge in [0.2, 0.25) is 5.91 Å². The van der Waals surface area contributed by atoms with Crippen molar-refractivity contribution in [2.45, 2.75) is 61.9 Å². The van der Waals surface area contributed by atoms with Gasteiger partial charge in [-0.25, -0.2) is 18.0 Å². The molecule has 2 aliphatic carbocycles. The number of halogens is 6. The normalized spacial score (nSPS) is 35.4. The molecule has 5 N–H and O–H groups in total. The largest absolute Gasteiger partial charge is 0.522 e. The van der Waals surface area contributed by atoms with Gasteiger partial charge < -0.3 is 16.2 Å². The molecule has 0 bridgehead atoms. The van der Waals surface area contributed by atoms with Crippen LogP contribution in [0, 0.1) is 11.8 Å². The molecule has 0 aromatic carbocycles. The summed E-state index contributed by atoms with van der Waals surface area (Å²) in [5, 5.41) is 2.00. The fourth-order valence-corrected chi connectivity index (χ4v) is 5.31. The predicted molar refractivity (Wildman–Crippen MR) is 107 cm³/mol. The summed E-state index contributed by atoms with van der Waals surface area (Å²) in [6, 6.07) is -3.79. The van der Waals surface area contributed by atoms with Crippen LogP contribution in [0.25, 0.3) is 0 Å². The number of hydrogen-bond acceptors (Lipinski definition) is 7. The van der Waals surface area contributed by atoms with Gasteiger partial charge in [-0.3, -0.25) is 24.6 Å². The minimum atomic E-state index is -4.87. The molecule has 4 aliphatic rings. The summed E-state index contributed by atoms with van der Waals surface area (Å²) in [5.74, 6) is -3.78. The molecule has 198 valence electrons. The van der Waals surface area contributed by atoms with Crippen molar-refractivity contribution in [2.75, 3.05) is 26.8 Å². The third-order valence-corrected chi connectivity index (χ3v) is 7.22. The Morgan fingerprint density at radius 1 is 1.23 bits per heavy atom. The first-order chi connectivity index (χ1) is 16.3. The first kappa shape index (κ1) is 26.0. The second-order valence-corrected chi connectivity index (χ2v) is 9.39. The Kier molecular flexibility index (Phi) is 6.74. The predicted octanol–water partition coefficient (Wildman–Crippen LogP) is 1.04. The van der Waals surface area contributed by atoms with Gasteiger partial charge in [0.25, 0.3) is 6.43 Å². The number of amides is 3. The van der Waals surface area contributed by atoms with Crippen LogP contribution in [0.15, 0.2) is 11.5 Å². The molecule has 6 unspecified atom stereocenters. The van der Waals surface area contributed by atoms with Gasteiger partial charge >= 0.3 is 12.4 Å². The van der Waals surface area contributed by atoms with Gasteiger partial charge in [0.1, 0.15) is 29.4 Å². The first-order valence-corrected chi connectivity index (χ1v) is 11.1. The third-order valence-electron chi connectivity index (χ3n) is 7.22. The van der Waals surface area contributed by atoms with Crippen LogP contribution in [0.3, 0.4) is 0 Å². The molecule has 0 radical (unpaired) electrons. The van der Waals surface area contributed by atoms with E-state index in [4.69, 9.17) is 16.2 Å². The zero-order chi connectivity index (χ0) is 25.9. The summed E-state index contributed by atoms with van der Waals surface area (Å²) in [6.45, 7) is -0.793. The van der Waals surface area contributed by atoms with Crippen LogP contribution in [0.2, 0.25) is 0 Å². The second-order valence-electron chi connectivity index (χ2n) is 9.39. The maximum atomic E-state index is 16.0. The molecule has 6 atom stereocenters. The van der Waals surface area contributed by atoms with E-state index in [1.54, 1.807) is 0 Å². The molecular weight excluding hydrogens is 488 g/mol. The lowest BCUT2D eigenvalue weighted by atomic mass is 9.69. The first-order valence-electron chi connectivity index (χ1n) is 11.1. The number of ether oxygens (including phenoxy) is 2. The average molecular weight is 515 g/mol. The number of rotatable bonds is 7. The smallest absolute Gasteiger partial charge is 0.497 e. The Morgan fingerprint density at radius 3 is 2.43 bits per heavy atom. The van der Waals surface area contributed by atoms with E-state index in [1.165, 1.54) is 12.0 Å². The number of nitrogens with one attached hydrogen (secondary N) is 1. The average Bonchev–Trinajstić information content (AvgIpc) is 3.48. The number of carbonyl (C=O) groups is 2. The van der Waals surface area contributed by atoms with Crippen LogP contribution in [0.5, 0.6) is 0 Å². The van der Waals surface area contributed by atoms with E-state index < -0.39 is 67.0 Å². The van der Waals surface area contributed by atoms with Gasteiger partial charge in [0, 0.05) is 18.6 Å². The zero-order valence-electron chi connectivity index (χ0n) is 18.7. The van der Waals surface area contributed by atoms with Crippen LogP contribution in [-0.4, -0.2) is 91.2 Å². The topological polar surface area (TPSA) is 123 Å². The van der Waals surface area contributed by atoms with Crippen molar-refractivity contribution in [1.82, 2.24) is 15.1 Å². The molecule has 35 heavy (non-hydrogen) atoms. The van der Waals surface area contributed by atoms with E-state index in [0.717, 1.165) is 4.90 Å². The highest BCUT2D eigenvalue weighted by atomic mass is 19.4. The number of fused-ring (bicyclic) bond motifs is 1. The van der Waals surface area contributed by atoms with Gasteiger partial charge in [-0.2, -0.15) is 0 Å². The quantitative estimate of drug-likeness (QED) is 0.433. The van der Waals surface area contributed by atoms with Gasteiger partial charge in [-0.05, 0) is 31.7 Å². The number of hydrogen-bond donors (Lipinski definition) is 3. The van der Waals surface area contributed by atoms with E-state index in [0.29, 0.717) is 12.8 Å². The second kappa shape index (κ2) is 9.09. The number of alkyl halides is 6. The maximum Gasteiger partial charge on any atom is 0.522 e. The summed E-state index contributed by atoms with van der Waals surface area (Å²) in [6.07, 6.45) is -9.54. The van der Waals surface area contributed by atoms with Crippen molar-refractivity contribution in [3.8, 4) is 0 Å². The summed E-state index contributed by atoms with van der Waals surface area (Å²) < 4.78 is 91.2. The Hall–Kier alpha value is -2.10. The van der Waals surface area contributed by atoms with E-state index >= 15 is 4.39 Å². The van der Waals surface area contributed by atoms with Crippen molar-refractivity contribution in [2.24, 2.45) is 23.3 Å². The Labute approximate surface area is 196 Å². The number of carbonyl (C=O) groups excluding carboxylic acids is 2. The molecule has 2 aliphatic heterocycles. The molecule has 2 heterocycles. The highest BCUT2D eigenvalue weighted by Crippen LogP contribution is 2.49. The molecule has 1 saturated carbocycles. The molecule has 0 aromatic heterocycles. The fourth-order valence-electron chi connectivity index (χ4n) is 5.31. The SMILES string of the molecule is COC1=C2C(C(=O)NC(=O)N2C2CC2)C(N)(C(F)F)C(F)C1N1CCC(C(N)COC(F)(F)F)C1. The number of nitrogens with two attached hydrogens (primary N) is 2. The monoisotopic (exact) mass is 515 g/mol. The Balaban J connectivity index is 1.71. The summed E-state index contributed by atoms with van der Waals surface area (Å²) in [5.41, 5.74) is 8.65. The van der Waals surface area contributed by atoms with Crippen molar-refractivity contribution in [3.05, 3.63) is 11.5 Å². The Morgan fingerprint density at radius 2 is 1.89 bits per heavy atom. The minimum absolute atomic E-state index is 0.0544. The van der Waals surface area contributed by atoms with E-state index in [1.807, 2.05) is 5.32 Å². The van der Waals surface area contributed by atoms with Gasteiger partial charge in [-0.1, -0.05) is 0 Å². The van der Waals surface area contributed by atoms with Crippen LogP contribution in [0.4, 0.5) is 31.1 Å². The van der Waals surface area contributed by atoms with Gasteiger partial charge in [-0.15, -0.1) is 13.2 Å². The highest BCUT2D eigenvalue weighted by molar-refractivity contribution is 6.02. The van der Waals surface area contributed by atoms with E-state index in [2.05, 4.69) is 4.74 Å². The molecular formula is C20H27F6N5O4. The Bertz CT molecular complexity index is 900. The number of imide groups is 1. The lowest BCUT2D eigenvalue weighted by molar-refractivity contribution is -0.326. The third kappa shape index (κ3) is 4.47. The molecule has 3 amide bonds. The lowest BCUT2D eigenvalue weighted by Crippen LogP contribution is -2.75. The number of nitrogens with zero attached hydrogens (tertiary/aromatic N) is 2. The number of likely N-dealkylation sites (tertiary alicyclic amines) is 1. The van der Waals surface area contributed by atoms with Crippen LogP contribution >= 0.6 is 0 Å². The van der Waals surface area contributed by atoms with E-state index in [-0.39, 0.29) is 37.0 Å². The lowest BCUT2D eigenvalue weighted by Gasteiger charge is -2.52. The molecule has 4 rings (SSSR count). The van der Waals surface area contributed by atoms with E-state index in [9.17, 15) is 31.5 Å². The van der Waals surface area contributed by atoms with Gasteiger partial charge in [0.05, 0.1) is 19.4 Å². The summed E-state index contributed by atoms with van der Waals surface area (Å²) in [7, 11) is 1.17. The molecule has 15 heteroatoms. The van der Waals surface area contributed by atoms with Crippen molar-refractivity contribution in [3.63, 3.8) is 0 Å².